The lowest BCUT2D eigenvalue weighted by Crippen LogP contribution is -2.19. The Bertz CT molecular complexity index is 923. The Morgan fingerprint density at radius 2 is 2.08 bits per heavy atom. The molecule has 6 heteroatoms. The summed E-state index contributed by atoms with van der Waals surface area (Å²) < 4.78 is 30.2. The first-order chi connectivity index (χ1) is 12.1. The number of aromatic nitrogens is 2. The molecule has 25 heavy (non-hydrogen) atoms. The predicted molar refractivity (Wildman–Crippen MR) is 89.4 cm³/mol. The van der Waals surface area contributed by atoms with E-state index in [0.717, 1.165) is 23.5 Å². The summed E-state index contributed by atoms with van der Waals surface area (Å²) in [5.74, 6) is 2.15. The molecule has 0 radical (unpaired) electrons. The molecule has 1 aromatic heterocycles. The number of halogens is 1. The van der Waals surface area contributed by atoms with Crippen LogP contribution in [-0.2, 0) is 6.42 Å². The van der Waals surface area contributed by atoms with E-state index < -0.39 is 0 Å². The lowest BCUT2D eigenvalue weighted by molar-refractivity contribution is 0.229. The van der Waals surface area contributed by atoms with E-state index in [1.165, 1.54) is 6.07 Å². The lowest BCUT2D eigenvalue weighted by atomic mass is 9.96. The Morgan fingerprint density at radius 1 is 1.20 bits per heavy atom. The number of nitrogens with zero attached hydrogens (tertiary/aromatic N) is 2. The van der Waals surface area contributed by atoms with Gasteiger partial charge in [-0.2, -0.15) is 4.98 Å². The summed E-state index contributed by atoms with van der Waals surface area (Å²) in [6.45, 7) is 2.16. The molecule has 1 aliphatic rings. The number of ether oxygens (including phenoxy) is 2. The Labute approximate surface area is 144 Å². The molecule has 0 spiro atoms. The van der Waals surface area contributed by atoms with Crippen molar-refractivity contribution in [2.24, 2.45) is 0 Å². The first-order valence-corrected chi connectivity index (χ1v) is 8.04. The molecular formula is C19H17FN2O3. The molecule has 0 amide bonds. The number of hydrogen-bond donors (Lipinski definition) is 0. The average molecular weight is 340 g/mol. The maximum Gasteiger partial charge on any atom is 0.233 e. The maximum atomic E-state index is 13.7. The minimum atomic E-state index is -0.285. The molecule has 0 N–H and O–H groups in total. The Kier molecular flexibility index (Phi) is 3.87. The molecule has 5 nitrogen and oxygen atoms in total. The van der Waals surface area contributed by atoms with E-state index in [-0.39, 0.29) is 11.7 Å². The van der Waals surface area contributed by atoms with Crippen molar-refractivity contribution in [3.05, 3.63) is 59.2 Å². The van der Waals surface area contributed by atoms with Gasteiger partial charge in [-0.05, 0) is 36.6 Å². The van der Waals surface area contributed by atoms with Crippen LogP contribution >= 0.6 is 0 Å². The zero-order valence-electron chi connectivity index (χ0n) is 14.0. The smallest absolute Gasteiger partial charge is 0.233 e. The van der Waals surface area contributed by atoms with Crippen LogP contribution in [0, 0.1) is 12.7 Å². The largest absolute Gasteiger partial charge is 0.497 e. The number of hydrogen-bond acceptors (Lipinski definition) is 5. The second-order valence-corrected chi connectivity index (χ2v) is 6.11. The van der Waals surface area contributed by atoms with Crippen LogP contribution in [0.15, 0.2) is 40.9 Å². The van der Waals surface area contributed by atoms with Gasteiger partial charge >= 0.3 is 0 Å². The summed E-state index contributed by atoms with van der Waals surface area (Å²) >= 11 is 0. The Hall–Kier alpha value is -2.89. The molecule has 0 bridgehead atoms. The minimum absolute atomic E-state index is 0.0301. The van der Waals surface area contributed by atoms with E-state index in [1.54, 1.807) is 26.2 Å². The van der Waals surface area contributed by atoms with E-state index in [4.69, 9.17) is 14.0 Å². The van der Waals surface area contributed by atoms with Gasteiger partial charge in [0.25, 0.3) is 0 Å². The van der Waals surface area contributed by atoms with E-state index in [2.05, 4.69) is 10.1 Å². The second kappa shape index (κ2) is 6.20. The predicted octanol–water partition coefficient (Wildman–Crippen LogP) is 3.91. The fraction of sp³-hybridized carbons (Fsp3) is 0.263. The first kappa shape index (κ1) is 15.6. The molecule has 4 rings (SSSR count). The highest BCUT2D eigenvalue weighted by atomic mass is 19.1. The van der Waals surface area contributed by atoms with E-state index in [9.17, 15) is 4.39 Å². The van der Waals surface area contributed by atoms with Crippen LogP contribution in [0.5, 0.6) is 11.5 Å². The van der Waals surface area contributed by atoms with Gasteiger partial charge in [-0.1, -0.05) is 23.4 Å². The van der Waals surface area contributed by atoms with Gasteiger partial charge in [-0.25, -0.2) is 4.39 Å². The van der Waals surface area contributed by atoms with Gasteiger partial charge in [0.05, 0.1) is 13.0 Å². The normalized spacial score (nSPS) is 16.2. The highest BCUT2D eigenvalue weighted by molar-refractivity contribution is 5.55. The summed E-state index contributed by atoms with van der Waals surface area (Å²) in [6, 6.07) is 10.7. The number of fused-ring (bicyclic) bond motifs is 1. The van der Waals surface area contributed by atoms with Crippen molar-refractivity contribution < 1.29 is 18.4 Å². The van der Waals surface area contributed by atoms with Gasteiger partial charge in [0.1, 0.15) is 23.9 Å². The number of rotatable bonds is 3. The molecule has 1 atom stereocenters. The van der Waals surface area contributed by atoms with E-state index in [1.807, 2.05) is 18.2 Å². The monoisotopic (exact) mass is 340 g/mol. The van der Waals surface area contributed by atoms with Gasteiger partial charge in [0, 0.05) is 11.6 Å². The molecule has 3 aromatic rings. The minimum Gasteiger partial charge on any atom is -0.497 e. The summed E-state index contributed by atoms with van der Waals surface area (Å²) in [7, 11) is 1.63. The molecular weight excluding hydrogens is 323 g/mol. The van der Waals surface area contributed by atoms with E-state index >= 15 is 0 Å². The van der Waals surface area contributed by atoms with Crippen LogP contribution in [0.4, 0.5) is 4.39 Å². The fourth-order valence-electron chi connectivity index (χ4n) is 2.89. The number of benzene rings is 2. The molecule has 1 aliphatic heterocycles. The standard InChI is InChI=1S/C19H17FN2O3/c1-11-3-4-13(8-16(11)20)18-21-19(25-22-18)14-7-12-5-6-15(23-2)9-17(12)24-10-14/h3-6,8-9,14H,7,10H2,1-2H3. The van der Waals surface area contributed by atoms with Crippen molar-refractivity contribution in [1.29, 1.82) is 0 Å². The molecule has 1 unspecified atom stereocenters. The summed E-state index contributed by atoms with van der Waals surface area (Å²) in [5, 5.41) is 3.99. The molecule has 0 saturated carbocycles. The van der Waals surface area contributed by atoms with Crippen LogP contribution in [0.3, 0.4) is 0 Å². The average Bonchev–Trinajstić information content (AvgIpc) is 3.13. The van der Waals surface area contributed by atoms with Crippen molar-refractivity contribution in [3.8, 4) is 22.9 Å². The van der Waals surface area contributed by atoms with Crippen molar-refractivity contribution in [2.45, 2.75) is 19.3 Å². The van der Waals surface area contributed by atoms with Gasteiger partial charge in [-0.15, -0.1) is 0 Å². The molecule has 128 valence electrons. The lowest BCUT2D eigenvalue weighted by Gasteiger charge is -2.23. The highest BCUT2D eigenvalue weighted by Gasteiger charge is 2.27. The fourth-order valence-corrected chi connectivity index (χ4v) is 2.89. The SMILES string of the molecule is COc1ccc2c(c1)OCC(c1nc(-c3ccc(C)c(F)c3)no1)C2. The van der Waals surface area contributed by atoms with Crippen LogP contribution in [-0.4, -0.2) is 23.9 Å². The summed E-state index contributed by atoms with van der Waals surface area (Å²) in [5.41, 5.74) is 2.25. The van der Waals surface area contributed by atoms with Gasteiger partial charge in [-0.3, -0.25) is 0 Å². The van der Waals surface area contributed by atoms with Crippen LogP contribution in [0.2, 0.25) is 0 Å². The topological polar surface area (TPSA) is 57.4 Å². The Morgan fingerprint density at radius 3 is 2.88 bits per heavy atom. The van der Waals surface area contributed by atoms with Crippen molar-refractivity contribution in [3.63, 3.8) is 0 Å². The molecule has 0 aliphatic carbocycles. The van der Waals surface area contributed by atoms with Crippen molar-refractivity contribution in [1.82, 2.24) is 10.1 Å². The molecule has 2 aromatic carbocycles. The van der Waals surface area contributed by atoms with Crippen LogP contribution in [0.25, 0.3) is 11.4 Å². The number of methoxy groups -OCH3 is 1. The summed E-state index contributed by atoms with van der Waals surface area (Å²) in [4.78, 5) is 4.43. The third-order valence-electron chi connectivity index (χ3n) is 4.40. The van der Waals surface area contributed by atoms with Crippen molar-refractivity contribution >= 4 is 0 Å². The number of aryl methyl sites for hydroxylation is 1. The van der Waals surface area contributed by atoms with Crippen molar-refractivity contribution in [2.75, 3.05) is 13.7 Å². The quantitative estimate of drug-likeness (QED) is 0.723. The molecule has 2 heterocycles. The van der Waals surface area contributed by atoms with Crippen LogP contribution in [0.1, 0.15) is 22.9 Å². The summed E-state index contributed by atoms with van der Waals surface area (Å²) in [6.07, 6.45) is 0.739. The highest BCUT2D eigenvalue weighted by Crippen LogP contribution is 2.34. The maximum absolute atomic E-state index is 13.7. The molecule has 0 fully saturated rings. The zero-order valence-corrected chi connectivity index (χ0v) is 14.0. The van der Waals surface area contributed by atoms with Crippen LogP contribution < -0.4 is 9.47 Å². The zero-order chi connectivity index (χ0) is 17.4. The third-order valence-corrected chi connectivity index (χ3v) is 4.40. The Balaban J connectivity index is 1.57. The second-order valence-electron chi connectivity index (χ2n) is 6.11. The third kappa shape index (κ3) is 2.95. The first-order valence-electron chi connectivity index (χ1n) is 8.04. The van der Waals surface area contributed by atoms with Gasteiger partial charge < -0.3 is 14.0 Å². The molecule has 0 saturated heterocycles. The van der Waals surface area contributed by atoms with Gasteiger partial charge in [0.15, 0.2) is 0 Å². The van der Waals surface area contributed by atoms with E-state index in [0.29, 0.717) is 29.4 Å². The van der Waals surface area contributed by atoms with Gasteiger partial charge in [0.2, 0.25) is 11.7 Å².